The molecule has 2 aromatic carbocycles. The number of rotatable bonds is 5. The lowest BCUT2D eigenvalue weighted by molar-refractivity contribution is 0.408. The molecule has 0 saturated carbocycles. The van der Waals surface area contributed by atoms with E-state index in [1.54, 1.807) is 0 Å². The second-order valence-corrected chi connectivity index (χ2v) is 5.92. The molecule has 1 heterocycles. The van der Waals surface area contributed by atoms with Crippen LogP contribution < -0.4 is 0 Å². The summed E-state index contributed by atoms with van der Waals surface area (Å²) in [6.07, 6.45) is 0.754. The predicted octanol–water partition coefficient (Wildman–Crippen LogP) is 3.62. The van der Waals surface area contributed by atoms with Gasteiger partial charge < -0.3 is 4.90 Å². The Hall–Kier alpha value is -2.60. The second-order valence-electron chi connectivity index (χ2n) is 5.92. The highest BCUT2D eigenvalue weighted by Gasteiger charge is 2.35. The maximum absolute atomic E-state index is 10.1. The Bertz CT molecular complexity index is 674. The molecule has 0 spiro atoms. The Kier molecular flexibility index (Phi) is 4.43. The van der Waals surface area contributed by atoms with E-state index in [2.05, 4.69) is 40.2 Å². The van der Waals surface area contributed by atoms with Gasteiger partial charge in [0.2, 0.25) is 0 Å². The highest BCUT2D eigenvalue weighted by molar-refractivity contribution is 5.81. The summed E-state index contributed by atoms with van der Waals surface area (Å²) >= 11 is 0. The van der Waals surface area contributed by atoms with Gasteiger partial charge in [0, 0.05) is 13.1 Å². The largest absolute Gasteiger partial charge is 0.359 e. The fourth-order valence-corrected chi connectivity index (χ4v) is 3.26. The number of hydrogen-bond donors (Lipinski definition) is 0. The van der Waals surface area contributed by atoms with Crippen molar-refractivity contribution in [1.29, 1.82) is 5.26 Å². The summed E-state index contributed by atoms with van der Waals surface area (Å²) in [4.78, 5) is 6.72. The van der Waals surface area contributed by atoms with E-state index in [-0.39, 0.29) is 0 Å². The maximum Gasteiger partial charge on any atom is 0.109 e. The van der Waals surface area contributed by atoms with Gasteiger partial charge in [0.05, 0.1) is 18.4 Å². The molecule has 116 valence electrons. The van der Waals surface area contributed by atoms with Crippen LogP contribution in [-0.4, -0.2) is 30.4 Å². The highest BCUT2D eigenvalue weighted by atomic mass is 15.2. The van der Waals surface area contributed by atoms with Gasteiger partial charge in [0.25, 0.3) is 0 Å². The van der Waals surface area contributed by atoms with Crippen molar-refractivity contribution in [1.82, 2.24) is 4.90 Å². The van der Waals surface area contributed by atoms with Gasteiger partial charge in [-0.25, -0.2) is 0 Å². The van der Waals surface area contributed by atoms with Gasteiger partial charge in [-0.2, -0.15) is 5.26 Å². The first-order chi connectivity index (χ1) is 11.3. The first-order valence-electron chi connectivity index (χ1n) is 8.04. The van der Waals surface area contributed by atoms with Crippen molar-refractivity contribution >= 4 is 5.84 Å². The monoisotopic (exact) mass is 303 g/mol. The third-order valence-electron chi connectivity index (χ3n) is 4.65. The van der Waals surface area contributed by atoms with Gasteiger partial charge in [0.15, 0.2) is 0 Å². The van der Waals surface area contributed by atoms with Crippen molar-refractivity contribution in [2.24, 2.45) is 4.99 Å². The molecule has 1 aliphatic rings. The second kappa shape index (κ2) is 6.66. The fraction of sp³-hybridized carbons (Fsp3) is 0.300. The molecule has 0 aliphatic carbocycles. The number of nitrogens with zero attached hydrogens (tertiary/aromatic N) is 3. The van der Waals surface area contributed by atoms with E-state index in [4.69, 9.17) is 0 Å². The first-order valence-corrected chi connectivity index (χ1v) is 8.04. The summed E-state index contributed by atoms with van der Waals surface area (Å²) in [5, 5.41) is 10.1. The van der Waals surface area contributed by atoms with Crippen molar-refractivity contribution < 1.29 is 0 Å². The van der Waals surface area contributed by atoms with Gasteiger partial charge in [-0.15, -0.1) is 0 Å². The minimum atomic E-state index is -0.620. The molecule has 0 saturated heterocycles. The quantitative estimate of drug-likeness (QED) is 0.846. The Labute approximate surface area is 137 Å². The summed E-state index contributed by atoms with van der Waals surface area (Å²) < 4.78 is 0. The van der Waals surface area contributed by atoms with Crippen LogP contribution in [0.1, 0.15) is 24.5 Å². The van der Waals surface area contributed by atoms with E-state index in [0.29, 0.717) is 0 Å². The molecular formula is C20H21N3. The molecule has 0 aromatic heterocycles. The summed E-state index contributed by atoms with van der Waals surface area (Å²) in [5.74, 6) is 1.08. The van der Waals surface area contributed by atoms with Crippen molar-refractivity contribution in [2.45, 2.75) is 18.8 Å². The third-order valence-corrected chi connectivity index (χ3v) is 4.65. The lowest BCUT2D eigenvalue weighted by Crippen LogP contribution is -2.34. The lowest BCUT2D eigenvalue weighted by Gasteiger charge is -2.30. The summed E-state index contributed by atoms with van der Waals surface area (Å²) in [6.45, 7) is 4.71. The zero-order chi connectivity index (χ0) is 16.1. The minimum Gasteiger partial charge on any atom is -0.359 e. The van der Waals surface area contributed by atoms with Crippen LogP contribution in [0.4, 0.5) is 0 Å². The van der Waals surface area contributed by atoms with Gasteiger partial charge in [-0.3, -0.25) is 4.99 Å². The zero-order valence-electron chi connectivity index (χ0n) is 13.4. The molecule has 0 fully saturated rings. The van der Waals surface area contributed by atoms with Crippen molar-refractivity contribution in [3.05, 3.63) is 71.8 Å². The Morgan fingerprint density at radius 2 is 1.61 bits per heavy atom. The summed E-state index contributed by atoms with van der Waals surface area (Å²) in [7, 11) is 0. The number of hydrogen-bond acceptors (Lipinski definition) is 3. The zero-order valence-corrected chi connectivity index (χ0v) is 13.4. The molecule has 1 aliphatic heterocycles. The van der Waals surface area contributed by atoms with E-state index in [1.165, 1.54) is 0 Å². The summed E-state index contributed by atoms with van der Waals surface area (Å²) in [5.41, 5.74) is 1.50. The van der Waals surface area contributed by atoms with Crippen molar-refractivity contribution in [3.8, 4) is 6.07 Å². The van der Waals surface area contributed by atoms with E-state index >= 15 is 0 Å². The van der Waals surface area contributed by atoms with E-state index in [9.17, 15) is 5.26 Å². The Morgan fingerprint density at radius 1 is 1.04 bits per heavy atom. The van der Waals surface area contributed by atoms with Crippen molar-refractivity contribution in [3.63, 3.8) is 0 Å². The lowest BCUT2D eigenvalue weighted by atomic mass is 9.73. The highest BCUT2D eigenvalue weighted by Crippen LogP contribution is 2.35. The van der Waals surface area contributed by atoms with Crippen LogP contribution in [0.25, 0.3) is 0 Å². The molecule has 0 bridgehead atoms. The average molecular weight is 303 g/mol. The number of benzene rings is 2. The minimum absolute atomic E-state index is 0.620. The summed E-state index contributed by atoms with van der Waals surface area (Å²) in [6, 6.07) is 22.9. The standard InChI is InChI=1S/C20H21N3/c1-17-22-13-15-23(17)14-12-20(16-21,18-8-4-2-5-9-18)19-10-6-3-7-11-19/h2-11H,12-15H2,1H3. The molecule has 23 heavy (non-hydrogen) atoms. The first kappa shape index (κ1) is 15.3. The molecule has 0 unspecified atom stereocenters. The third kappa shape index (κ3) is 2.98. The van der Waals surface area contributed by atoms with Crippen LogP contribution in [0.5, 0.6) is 0 Å². The fourth-order valence-electron chi connectivity index (χ4n) is 3.26. The smallest absolute Gasteiger partial charge is 0.109 e. The maximum atomic E-state index is 10.1. The molecule has 0 N–H and O–H groups in total. The molecule has 2 aromatic rings. The predicted molar refractivity (Wildman–Crippen MR) is 93.4 cm³/mol. The van der Waals surface area contributed by atoms with Crippen molar-refractivity contribution in [2.75, 3.05) is 19.6 Å². The number of aliphatic imine (C=N–C) groups is 1. The Morgan fingerprint density at radius 3 is 2.04 bits per heavy atom. The molecule has 3 rings (SSSR count). The van der Waals surface area contributed by atoms with E-state index in [1.807, 2.05) is 43.3 Å². The SMILES string of the molecule is CC1=NCCN1CCC(C#N)(c1ccccc1)c1ccccc1. The van der Waals surface area contributed by atoms with Crippen LogP contribution in [0.15, 0.2) is 65.7 Å². The molecular weight excluding hydrogens is 282 g/mol. The number of nitriles is 1. The van der Waals surface area contributed by atoms with Gasteiger partial charge in [-0.1, -0.05) is 60.7 Å². The molecule has 0 amide bonds. The van der Waals surface area contributed by atoms with Crippen LogP contribution in [0.2, 0.25) is 0 Å². The van der Waals surface area contributed by atoms with Crippen LogP contribution in [0.3, 0.4) is 0 Å². The molecule has 3 nitrogen and oxygen atoms in total. The molecule has 0 atom stereocenters. The van der Waals surface area contributed by atoms with Crippen LogP contribution >= 0.6 is 0 Å². The van der Waals surface area contributed by atoms with Gasteiger partial charge in [-0.05, 0) is 24.5 Å². The van der Waals surface area contributed by atoms with Gasteiger partial charge in [0.1, 0.15) is 5.41 Å². The van der Waals surface area contributed by atoms with E-state index in [0.717, 1.165) is 43.0 Å². The molecule has 0 radical (unpaired) electrons. The topological polar surface area (TPSA) is 39.4 Å². The number of amidine groups is 1. The van der Waals surface area contributed by atoms with E-state index < -0.39 is 5.41 Å². The van der Waals surface area contributed by atoms with Crippen LogP contribution in [0, 0.1) is 11.3 Å². The normalized spacial score (nSPS) is 14.4. The van der Waals surface area contributed by atoms with Gasteiger partial charge >= 0.3 is 0 Å². The average Bonchev–Trinajstić information content (AvgIpc) is 3.03. The Balaban J connectivity index is 1.96. The molecule has 3 heteroatoms. The van der Waals surface area contributed by atoms with Crippen LogP contribution in [-0.2, 0) is 5.41 Å².